The van der Waals surface area contributed by atoms with Gasteiger partial charge in [0.2, 0.25) is 5.91 Å². The summed E-state index contributed by atoms with van der Waals surface area (Å²) in [7, 11) is 0. The van der Waals surface area contributed by atoms with Crippen molar-refractivity contribution in [3.05, 3.63) is 48.0 Å². The van der Waals surface area contributed by atoms with Crippen molar-refractivity contribution in [3.63, 3.8) is 0 Å². The monoisotopic (exact) mass is 349 g/mol. The van der Waals surface area contributed by atoms with Crippen molar-refractivity contribution in [1.82, 2.24) is 29.7 Å². The summed E-state index contributed by atoms with van der Waals surface area (Å²) in [6.45, 7) is 1.84. The number of nitrogens with zero attached hydrogens (tertiary/aromatic N) is 6. The van der Waals surface area contributed by atoms with Crippen LogP contribution in [0.5, 0.6) is 0 Å². The Morgan fingerprint density at radius 3 is 2.85 bits per heavy atom. The van der Waals surface area contributed by atoms with Crippen LogP contribution in [0.4, 0.5) is 5.82 Å². The van der Waals surface area contributed by atoms with Crippen LogP contribution in [0.25, 0.3) is 5.65 Å². The number of hydrogen-bond donors (Lipinski definition) is 1. The Kier molecular flexibility index (Phi) is 3.37. The molecule has 2 fully saturated rings. The summed E-state index contributed by atoms with van der Waals surface area (Å²) in [5.74, 6) is 1.56. The third-order valence-electron chi connectivity index (χ3n) is 4.98. The molecule has 26 heavy (non-hydrogen) atoms. The number of nitrogens with one attached hydrogen (secondary N) is 1. The quantitative estimate of drug-likeness (QED) is 0.772. The van der Waals surface area contributed by atoms with Gasteiger partial charge in [0, 0.05) is 24.9 Å². The van der Waals surface area contributed by atoms with Crippen LogP contribution in [-0.2, 0) is 4.79 Å². The van der Waals surface area contributed by atoms with Crippen LogP contribution >= 0.6 is 0 Å². The molecule has 4 heterocycles. The van der Waals surface area contributed by atoms with Crippen LogP contribution in [0.15, 0.2) is 36.7 Å². The molecule has 8 nitrogen and oxygen atoms in total. The molecule has 5 rings (SSSR count). The van der Waals surface area contributed by atoms with Crippen molar-refractivity contribution in [1.29, 1.82) is 0 Å². The smallest absolute Gasteiger partial charge is 0.225 e. The van der Waals surface area contributed by atoms with E-state index in [9.17, 15) is 4.79 Å². The number of carbonyl (C=O) groups excluding carboxylic acids is 1. The Morgan fingerprint density at radius 2 is 2.08 bits per heavy atom. The number of anilines is 1. The summed E-state index contributed by atoms with van der Waals surface area (Å²) < 4.78 is 1.52. The van der Waals surface area contributed by atoms with Gasteiger partial charge >= 0.3 is 0 Å². The first-order valence-electron chi connectivity index (χ1n) is 8.87. The van der Waals surface area contributed by atoms with Crippen LogP contribution in [0.3, 0.4) is 0 Å². The second-order valence-electron chi connectivity index (χ2n) is 6.94. The fraction of sp³-hybridized carbons (Fsp3) is 0.389. The molecule has 0 bridgehead atoms. The van der Waals surface area contributed by atoms with Crippen molar-refractivity contribution in [2.45, 2.75) is 44.3 Å². The summed E-state index contributed by atoms with van der Waals surface area (Å²) in [5, 5.41) is 12.2. The third kappa shape index (κ3) is 2.58. The van der Waals surface area contributed by atoms with Crippen molar-refractivity contribution >= 4 is 17.4 Å². The molecule has 0 unspecified atom stereocenters. The third-order valence-corrected chi connectivity index (χ3v) is 4.98. The Morgan fingerprint density at radius 1 is 1.19 bits per heavy atom. The highest BCUT2D eigenvalue weighted by Crippen LogP contribution is 2.42. The Bertz CT molecular complexity index is 966. The van der Waals surface area contributed by atoms with Crippen LogP contribution in [0.1, 0.15) is 36.7 Å². The molecule has 2 aliphatic rings. The Balaban J connectivity index is 1.48. The zero-order valence-corrected chi connectivity index (χ0v) is 14.4. The van der Waals surface area contributed by atoms with Crippen molar-refractivity contribution in [2.24, 2.45) is 0 Å². The van der Waals surface area contributed by atoms with E-state index in [1.54, 1.807) is 6.20 Å². The van der Waals surface area contributed by atoms with Crippen molar-refractivity contribution in [3.8, 4) is 0 Å². The predicted octanol–water partition coefficient (Wildman–Crippen LogP) is 1.74. The molecule has 0 radical (unpaired) electrons. The molecule has 3 aromatic rings. The van der Waals surface area contributed by atoms with Gasteiger partial charge in [-0.1, -0.05) is 6.07 Å². The van der Waals surface area contributed by atoms with Gasteiger partial charge in [-0.25, -0.2) is 4.98 Å². The molecule has 1 amide bonds. The van der Waals surface area contributed by atoms with Crippen LogP contribution < -0.4 is 5.32 Å². The highest BCUT2D eigenvalue weighted by Gasteiger charge is 2.47. The maximum absolute atomic E-state index is 12.7. The molecule has 1 saturated heterocycles. The minimum absolute atomic E-state index is 0.0290. The fourth-order valence-electron chi connectivity index (χ4n) is 3.77. The second kappa shape index (κ2) is 5.76. The second-order valence-corrected chi connectivity index (χ2v) is 6.94. The summed E-state index contributed by atoms with van der Waals surface area (Å²) in [6.07, 6.45) is 6.22. The number of fused-ring (bicyclic) bond motifs is 1. The van der Waals surface area contributed by atoms with Gasteiger partial charge in [-0.2, -0.15) is 0 Å². The first-order chi connectivity index (χ1) is 12.7. The summed E-state index contributed by atoms with van der Waals surface area (Å²) >= 11 is 0. The maximum atomic E-state index is 12.7. The van der Waals surface area contributed by atoms with E-state index in [1.807, 2.05) is 42.3 Å². The van der Waals surface area contributed by atoms with Crippen molar-refractivity contribution < 1.29 is 4.79 Å². The van der Waals surface area contributed by atoms with Gasteiger partial charge < -0.3 is 10.2 Å². The molecular formula is C18H19N7O. The molecule has 0 aromatic carbocycles. The molecule has 3 aromatic heterocycles. The molecule has 1 N–H and O–H groups in total. The van der Waals surface area contributed by atoms with Crippen LogP contribution in [0.2, 0.25) is 0 Å². The first kappa shape index (κ1) is 15.2. The zero-order valence-electron chi connectivity index (χ0n) is 14.4. The average Bonchev–Trinajstić information content (AvgIpc) is 3.32. The minimum Gasteiger partial charge on any atom is -0.363 e. The maximum Gasteiger partial charge on any atom is 0.225 e. The normalized spacial score (nSPS) is 23.0. The molecule has 1 aliphatic heterocycles. The van der Waals surface area contributed by atoms with E-state index in [0.29, 0.717) is 29.8 Å². The highest BCUT2D eigenvalue weighted by atomic mass is 16.2. The lowest BCUT2D eigenvalue weighted by Gasteiger charge is -2.29. The van der Waals surface area contributed by atoms with E-state index in [4.69, 9.17) is 0 Å². The van der Waals surface area contributed by atoms with Gasteiger partial charge in [0.05, 0.1) is 12.1 Å². The number of carbonyl (C=O) groups is 1. The SMILES string of the molecule is Cc1nc2ccc(N[C@@H]3CC(=O)N(C4CC4)[C@H]3c3cccnc3)nn2n1. The van der Waals surface area contributed by atoms with E-state index in [2.05, 4.69) is 25.5 Å². The van der Waals surface area contributed by atoms with E-state index in [0.717, 1.165) is 18.4 Å². The topological polar surface area (TPSA) is 88.3 Å². The molecular weight excluding hydrogens is 330 g/mol. The Hall–Kier alpha value is -3.03. The molecule has 0 spiro atoms. The molecule has 1 saturated carbocycles. The Labute approximate surface area is 150 Å². The van der Waals surface area contributed by atoms with E-state index in [1.165, 1.54) is 4.63 Å². The van der Waals surface area contributed by atoms with Gasteiger partial charge in [0.1, 0.15) is 11.6 Å². The molecule has 2 atom stereocenters. The summed E-state index contributed by atoms with van der Waals surface area (Å²) in [6, 6.07) is 7.99. The van der Waals surface area contributed by atoms with E-state index < -0.39 is 0 Å². The molecule has 1 aliphatic carbocycles. The largest absolute Gasteiger partial charge is 0.363 e. The minimum atomic E-state index is -0.0538. The van der Waals surface area contributed by atoms with Gasteiger partial charge in [0.15, 0.2) is 5.65 Å². The van der Waals surface area contributed by atoms with Crippen LogP contribution in [-0.4, -0.2) is 47.7 Å². The van der Waals surface area contributed by atoms with Crippen molar-refractivity contribution in [2.75, 3.05) is 5.32 Å². The van der Waals surface area contributed by atoms with Gasteiger partial charge in [-0.3, -0.25) is 9.78 Å². The van der Waals surface area contributed by atoms with Gasteiger partial charge in [-0.15, -0.1) is 14.8 Å². The number of hydrogen-bond acceptors (Lipinski definition) is 6. The summed E-state index contributed by atoms with van der Waals surface area (Å²) in [4.78, 5) is 23.3. The van der Waals surface area contributed by atoms with E-state index in [-0.39, 0.29) is 18.0 Å². The predicted molar refractivity (Wildman–Crippen MR) is 94.4 cm³/mol. The molecule has 132 valence electrons. The lowest BCUT2D eigenvalue weighted by Crippen LogP contribution is -2.34. The zero-order chi connectivity index (χ0) is 17.7. The average molecular weight is 349 g/mol. The number of aromatic nitrogens is 5. The lowest BCUT2D eigenvalue weighted by atomic mass is 10.0. The number of rotatable bonds is 4. The number of amides is 1. The number of aryl methyl sites for hydroxylation is 1. The fourth-order valence-corrected chi connectivity index (χ4v) is 3.77. The summed E-state index contributed by atoms with van der Waals surface area (Å²) in [5.41, 5.74) is 1.76. The van der Waals surface area contributed by atoms with E-state index >= 15 is 0 Å². The van der Waals surface area contributed by atoms with Gasteiger partial charge in [0.25, 0.3) is 0 Å². The highest BCUT2D eigenvalue weighted by molar-refractivity contribution is 5.82. The standard InChI is InChI=1S/C18H19N7O/c1-11-20-16-7-6-15(23-25(16)22-11)21-14-9-17(26)24(13-4-5-13)18(14)12-3-2-8-19-10-12/h2-3,6-8,10,13-14,18H,4-5,9H2,1H3,(H,21,23)/t14-,18+/m1/s1. The van der Waals surface area contributed by atoms with Crippen LogP contribution in [0, 0.1) is 6.92 Å². The first-order valence-corrected chi connectivity index (χ1v) is 8.87. The number of likely N-dealkylation sites (tertiary alicyclic amines) is 1. The lowest BCUT2D eigenvalue weighted by molar-refractivity contribution is -0.129. The number of pyridine rings is 1. The van der Waals surface area contributed by atoms with Gasteiger partial charge in [-0.05, 0) is 43.5 Å². The molecule has 8 heteroatoms.